The summed E-state index contributed by atoms with van der Waals surface area (Å²) in [6.07, 6.45) is 1.37. The van der Waals surface area contributed by atoms with E-state index >= 15 is 0 Å². The van der Waals surface area contributed by atoms with Gasteiger partial charge in [-0.1, -0.05) is 35.9 Å². The molecular formula is C29H24FN3O5S. The largest absolute Gasteiger partial charge is 0.423 e. The lowest BCUT2D eigenvalue weighted by molar-refractivity contribution is -0.119. The van der Waals surface area contributed by atoms with Crippen LogP contribution in [-0.4, -0.2) is 33.1 Å². The molecule has 4 rings (SSSR count). The molecule has 10 heteroatoms. The highest BCUT2D eigenvalue weighted by molar-refractivity contribution is 7.92. The van der Waals surface area contributed by atoms with Gasteiger partial charge in [-0.3, -0.25) is 9.10 Å². The number of benzene rings is 4. The second kappa shape index (κ2) is 12.1. The molecule has 0 aliphatic carbocycles. The van der Waals surface area contributed by atoms with Crippen LogP contribution in [0, 0.1) is 12.7 Å². The van der Waals surface area contributed by atoms with E-state index in [1.807, 2.05) is 6.92 Å². The molecule has 8 nitrogen and oxygen atoms in total. The van der Waals surface area contributed by atoms with Gasteiger partial charge in [-0.2, -0.15) is 5.10 Å². The molecule has 39 heavy (non-hydrogen) atoms. The highest BCUT2D eigenvalue weighted by atomic mass is 32.2. The van der Waals surface area contributed by atoms with Gasteiger partial charge in [0, 0.05) is 0 Å². The highest BCUT2D eigenvalue weighted by Gasteiger charge is 2.27. The minimum Gasteiger partial charge on any atom is -0.423 e. The maximum Gasteiger partial charge on any atom is 0.343 e. The summed E-state index contributed by atoms with van der Waals surface area (Å²) in [7, 11) is -4.18. The molecule has 4 aromatic carbocycles. The van der Waals surface area contributed by atoms with E-state index in [1.165, 1.54) is 6.21 Å². The number of hydrazone groups is 1. The minimum atomic E-state index is -4.18. The summed E-state index contributed by atoms with van der Waals surface area (Å²) in [5, 5.41) is 3.90. The maximum absolute atomic E-state index is 13.4. The van der Waals surface area contributed by atoms with E-state index in [1.54, 1.807) is 78.9 Å². The lowest BCUT2D eigenvalue weighted by Gasteiger charge is -2.23. The second-order valence-corrected chi connectivity index (χ2v) is 10.3. The molecule has 0 spiro atoms. The minimum absolute atomic E-state index is 0.158. The average Bonchev–Trinajstić information content (AvgIpc) is 2.94. The van der Waals surface area contributed by atoms with Crippen molar-refractivity contribution in [1.29, 1.82) is 0 Å². The predicted molar refractivity (Wildman–Crippen MR) is 146 cm³/mol. The number of sulfonamides is 1. The standard InChI is InChI=1S/C29H24FN3O5S/c1-21-7-13-25(14-8-21)33(39(36,37)27-17-11-24(30)12-18-27)20-28(34)32-31-19-22-9-15-26(16-10-22)38-29(35)23-5-3-2-4-6-23/h2-19H,20H2,1H3,(H,32,34)/b31-19-. The van der Waals surface area contributed by atoms with E-state index in [4.69, 9.17) is 4.74 Å². The summed E-state index contributed by atoms with van der Waals surface area (Å²) >= 11 is 0. The van der Waals surface area contributed by atoms with Crippen LogP contribution >= 0.6 is 0 Å². The van der Waals surface area contributed by atoms with Crippen LogP contribution in [0.2, 0.25) is 0 Å². The van der Waals surface area contributed by atoms with Crippen molar-refractivity contribution in [1.82, 2.24) is 5.43 Å². The van der Waals surface area contributed by atoms with Crippen LogP contribution in [0.3, 0.4) is 0 Å². The number of nitrogens with one attached hydrogen (secondary N) is 1. The van der Waals surface area contributed by atoms with Crippen LogP contribution in [0.25, 0.3) is 0 Å². The van der Waals surface area contributed by atoms with Crippen LogP contribution in [0.1, 0.15) is 21.5 Å². The van der Waals surface area contributed by atoms with Crippen molar-refractivity contribution in [2.24, 2.45) is 5.10 Å². The van der Waals surface area contributed by atoms with E-state index in [-0.39, 0.29) is 10.6 Å². The third-order valence-corrected chi connectivity index (χ3v) is 7.30. The zero-order valence-electron chi connectivity index (χ0n) is 20.8. The summed E-state index contributed by atoms with van der Waals surface area (Å²) < 4.78 is 46.2. The van der Waals surface area contributed by atoms with Gasteiger partial charge in [0.15, 0.2) is 0 Å². The summed E-state index contributed by atoms with van der Waals surface area (Å²) in [5.74, 6) is -1.42. The lowest BCUT2D eigenvalue weighted by atomic mass is 10.2. The Morgan fingerprint density at radius 3 is 2.18 bits per heavy atom. The number of anilines is 1. The monoisotopic (exact) mass is 545 g/mol. The molecule has 0 atom stereocenters. The molecule has 0 bridgehead atoms. The first-order valence-electron chi connectivity index (χ1n) is 11.8. The first-order chi connectivity index (χ1) is 18.7. The topological polar surface area (TPSA) is 105 Å². The van der Waals surface area contributed by atoms with E-state index in [9.17, 15) is 22.4 Å². The second-order valence-electron chi connectivity index (χ2n) is 8.42. The van der Waals surface area contributed by atoms with Crippen molar-refractivity contribution in [2.45, 2.75) is 11.8 Å². The van der Waals surface area contributed by atoms with Gasteiger partial charge < -0.3 is 4.74 Å². The number of hydrogen-bond donors (Lipinski definition) is 1. The molecule has 4 aromatic rings. The zero-order chi connectivity index (χ0) is 27.8. The Labute approximate surface area is 225 Å². The molecule has 0 unspecified atom stereocenters. The molecule has 0 saturated carbocycles. The van der Waals surface area contributed by atoms with Crippen molar-refractivity contribution in [2.75, 3.05) is 10.8 Å². The third-order valence-electron chi connectivity index (χ3n) is 5.51. The molecule has 0 aliphatic rings. The van der Waals surface area contributed by atoms with Crippen LogP contribution in [0.4, 0.5) is 10.1 Å². The van der Waals surface area contributed by atoms with Crippen molar-refractivity contribution < 1.29 is 27.1 Å². The number of esters is 1. The van der Waals surface area contributed by atoms with Gasteiger partial charge >= 0.3 is 5.97 Å². The number of nitrogens with zero attached hydrogens (tertiary/aromatic N) is 2. The Hall–Kier alpha value is -4.83. The molecule has 0 saturated heterocycles. The number of carbonyl (C=O) groups excluding carboxylic acids is 2. The third kappa shape index (κ3) is 7.14. The van der Waals surface area contributed by atoms with Gasteiger partial charge in [0.1, 0.15) is 18.1 Å². The van der Waals surface area contributed by atoms with Gasteiger partial charge in [0.25, 0.3) is 15.9 Å². The Kier molecular flexibility index (Phi) is 8.47. The van der Waals surface area contributed by atoms with Gasteiger partial charge in [-0.05, 0) is 85.3 Å². The van der Waals surface area contributed by atoms with E-state index in [0.29, 0.717) is 16.9 Å². The number of hydrogen-bond acceptors (Lipinski definition) is 6. The number of rotatable bonds is 9. The van der Waals surface area contributed by atoms with Crippen LogP contribution in [-0.2, 0) is 14.8 Å². The normalized spacial score (nSPS) is 11.2. The SMILES string of the molecule is Cc1ccc(N(CC(=O)N/N=C\c2ccc(OC(=O)c3ccccc3)cc2)S(=O)(=O)c2ccc(F)cc2)cc1. The van der Waals surface area contributed by atoms with Crippen molar-refractivity contribution in [3.63, 3.8) is 0 Å². The summed E-state index contributed by atoms with van der Waals surface area (Å²) in [5.41, 5.74) is 4.53. The van der Waals surface area contributed by atoms with Crippen LogP contribution < -0.4 is 14.5 Å². The molecule has 0 aliphatic heterocycles. The van der Waals surface area contributed by atoms with Crippen LogP contribution in [0.5, 0.6) is 5.75 Å². The fraction of sp³-hybridized carbons (Fsp3) is 0.0690. The molecular weight excluding hydrogens is 521 g/mol. The number of amides is 1. The Balaban J connectivity index is 1.42. The zero-order valence-corrected chi connectivity index (χ0v) is 21.6. The molecule has 0 radical (unpaired) electrons. The molecule has 0 fully saturated rings. The van der Waals surface area contributed by atoms with Crippen molar-refractivity contribution >= 4 is 33.8 Å². The molecule has 0 heterocycles. The maximum atomic E-state index is 13.4. The summed E-state index contributed by atoms with van der Waals surface area (Å²) in [4.78, 5) is 24.7. The van der Waals surface area contributed by atoms with Gasteiger partial charge in [0.2, 0.25) is 0 Å². The Morgan fingerprint density at radius 1 is 0.897 bits per heavy atom. The molecule has 0 aromatic heterocycles. The highest BCUT2D eigenvalue weighted by Crippen LogP contribution is 2.24. The predicted octanol–water partition coefficient (Wildman–Crippen LogP) is 4.70. The average molecular weight is 546 g/mol. The lowest BCUT2D eigenvalue weighted by Crippen LogP contribution is -2.39. The van der Waals surface area contributed by atoms with Gasteiger partial charge in [0.05, 0.1) is 22.4 Å². The number of aryl methyl sites for hydroxylation is 1. The fourth-order valence-electron chi connectivity index (χ4n) is 3.47. The van der Waals surface area contributed by atoms with E-state index < -0.39 is 34.3 Å². The molecule has 1 amide bonds. The van der Waals surface area contributed by atoms with Crippen LogP contribution in [0.15, 0.2) is 113 Å². The molecule has 1 N–H and O–H groups in total. The van der Waals surface area contributed by atoms with Crippen molar-refractivity contribution in [3.8, 4) is 5.75 Å². The first-order valence-corrected chi connectivity index (χ1v) is 13.2. The first kappa shape index (κ1) is 27.2. The number of carbonyl (C=O) groups is 2. The smallest absolute Gasteiger partial charge is 0.343 e. The quantitative estimate of drug-likeness (QED) is 0.142. The number of halogens is 1. The summed E-state index contributed by atoms with van der Waals surface area (Å²) in [6.45, 7) is 1.29. The Morgan fingerprint density at radius 2 is 1.54 bits per heavy atom. The van der Waals surface area contributed by atoms with Crippen molar-refractivity contribution in [3.05, 3.63) is 126 Å². The Bertz CT molecular complexity index is 1570. The number of ether oxygens (including phenoxy) is 1. The van der Waals surface area contributed by atoms with E-state index in [2.05, 4.69) is 10.5 Å². The van der Waals surface area contributed by atoms with Gasteiger partial charge in [-0.15, -0.1) is 0 Å². The van der Waals surface area contributed by atoms with Gasteiger partial charge in [-0.25, -0.2) is 23.0 Å². The molecule has 198 valence electrons. The van der Waals surface area contributed by atoms with E-state index in [0.717, 1.165) is 34.1 Å². The fourth-order valence-corrected chi connectivity index (χ4v) is 4.89. The summed E-state index contributed by atoms with van der Waals surface area (Å²) in [6, 6.07) is 26.0.